The maximum absolute atomic E-state index is 12.8. The molecule has 0 saturated heterocycles. The number of carbonyl (C=O) groups is 1. The zero-order valence-corrected chi connectivity index (χ0v) is 14.3. The molecule has 23 heavy (non-hydrogen) atoms. The molecule has 0 aliphatic carbocycles. The van der Waals surface area contributed by atoms with Gasteiger partial charge in [-0.15, -0.1) is 0 Å². The van der Waals surface area contributed by atoms with Crippen LogP contribution in [0.2, 0.25) is 10.0 Å². The molecule has 2 aromatic rings. The molecule has 0 heterocycles. The Morgan fingerprint density at radius 3 is 2.48 bits per heavy atom. The predicted molar refractivity (Wildman–Crippen MR) is 92.8 cm³/mol. The fourth-order valence-corrected chi connectivity index (χ4v) is 3.56. The van der Waals surface area contributed by atoms with Crippen molar-refractivity contribution < 1.29 is 13.4 Å². The molecule has 2 aromatic carbocycles. The van der Waals surface area contributed by atoms with Crippen LogP contribution in [0.5, 0.6) is 0 Å². The number of anilines is 1. The second kappa shape index (κ2) is 8.43. The lowest BCUT2D eigenvalue weighted by atomic mass is 10.2. The van der Waals surface area contributed by atoms with Gasteiger partial charge < -0.3 is 5.32 Å². The van der Waals surface area contributed by atoms with Gasteiger partial charge in [0.25, 0.3) is 0 Å². The molecule has 0 bridgehead atoms. The highest BCUT2D eigenvalue weighted by molar-refractivity contribution is 7.84. The highest BCUT2D eigenvalue weighted by Gasteiger charge is 2.09. The first-order chi connectivity index (χ1) is 10.9. The van der Waals surface area contributed by atoms with Crippen LogP contribution in [0.4, 0.5) is 10.1 Å². The summed E-state index contributed by atoms with van der Waals surface area (Å²) in [6.07, 6.45) is 0.106. The van der Waals surface area contributed by atoms with Crippen LogP contribution >= 0.6 is 23.2 Å². The molecule has 0 saturated carbocycles. The summed E-state index contributed by atoms with van der Waals surface area (Å²) in [4.78, 5) is 11.8. The first-order valence-electron chi connectivity index (χ1n) is 6.78. The molecule has 0 aromatic heterocycles. The minimum atomic E-state index is -1.22. The average Bonchev–Trinajstić information content (AvgIpc) is 2.50. The Hall–Kier alpha value is -1.43. The zero-order valence-electron chi connectivity index (χ0n) is 12.0. The van der Waals surface area contributed by atoms with Crippen molar-refractivity contribution in [2.24, 2.45) is 0 Å². The van der Waals surface area contributed by atoms with Crippen LogP contribution in [0.1, 0.15) is 12.0 Å². The fraction of sp³-hybridized carbons (Fsp3) is 0.188. The van der Waals surface area contributed by atoms with Crippen LogP contribution in [-0.2, 0) is 21.3 Å². The van der Waals surface area contributed by atoms with Gasteiger partial charge in [0, 0.05) is 38.7 Å². The average molecular weight is 374 g/mol. The van der Waals surface area contributed by atoms with Crippen LogP contribution in [0.3, 0.4) is 0 Å². The molecule has 2 rings (SSSR count). The summed E-state index contributed by atoms with van der Waals surface area (Å²) in [6.45, 7) is 0. The van der Waals surface area contributed by atoms with Gasteiger partial charge in [0.05, 0.1) is 5.75 Å². The van der Waals surface area contributed by atoms with Crippen molar-refractivity contribution in [1.82, 2.24) is 0 Å². The van der Waals surface area contributed by atoms with Gasteiger partial charge in [0.2, 0.25) is 5.91 Å². The molecule has 3 nitrogen and oxygen atoms in total. The highest BCUT2D eigenvalue weighted by atomic mass is 35.5. The van der Waals surface area contributed by atoms with Crippen molar-refractivity contribution in [3.8, 4) is 0 Å². The largest absolute Gasteiger partial charge is 0.326 e. The van der Waals surface area contributed by atoms with Gasteiger partial charge in [-0.25, -0.2) is 4.39 Å². The van der Waals surface area contributed by atoms with E-state index in [1.165, 1.54) is 24.3 Å². The third-order valence-corrected chi connectivity index (χ3v) is 4.90. The van der Waals surface area contributed by atoms with E-state index in [2.05, 4.69) is 5.32 Å². The van der Waals surface area contributed by atoms with Crippen LogP contribution in [-0.4, -0.2) is 15.9 Å². The van der Waals surface area contributed by atoms with Gasteiger partial charge in [-0.05, 0) is 42.0 Å². The number of halogens is 3. The van der Waals surface area contributed by atoms with E-state index in [-0.39, 0.29) is 29.7 Å². The first kappa shape index (κ1) is 17.9. The summed E-state index contributed by atoms with van der Waals surface area (Å²) in [5, 5.41) is 3.60. The van der Waals surface area contributed by atoms with Crippen molar-refractivity contribution >= 4 is 45.6 Å². The lowest BCUT2D eigenvalue weighted by Gasteiger charge is -2.07. The molecule has 1 atom stereocenters. The van der Waals surface area contributed by atoms with E-state index in [9.17, 15) is 13.4 Å². The molecule has 0 radical (unpaired) electrons. The summed E-state index contributed by atoms with van der Waals surface area (Å²) in [5.74, 6) is -0.165. The van der Waals surface area contributed by atoms with E-state index in [4.69, 9.17) is 23.2 Å². The lowest BCUT2D eigenvalue weighted by molar-refractivity contribution is -0.115. The number of carbonyl (C=O) groups excluding carboxylic acids is 1. The Morgan fingerprint density at radius 2 is 1.83 bits per heavy atom. The van der Waals surface area contributed by atoms with Gasteiger partial charge >= 0.3 is 0 Å². The molecule has 122 valence electrons. The summed E-state index contributed by atoms with van der Waals surface area (Å²) in [7, 11) is -1.22. The van der Waals surface area contributed by atoms with Crippen molar-refractivity contribution in [3.63, 3.8) is 0 Å². The number of hydrogen-bond acceptors (Lipinski definition) is 2. The van der Waals surface area contributed by atoms with Gasteiger partial charge in [-0.3, -0.25) is 9.00 Å². The van der Waals surface area contributed by atoms with E-state index in [0.717, 1.165) is 5.56 Å². The van der Waals surface area contributed by atoms with Gasteiger partial charge in [0.15, 0.2) is 0 Å². The summed E-state index contributed by atoms with van der Waals surface area (Å²) >= 11 is 11.8. The summed E-state index contributed by atoms with van der Waals surface area (Å²) < 4.78 is 24.8. The van der Waals surface area contributed by atoms with E-state index in [0.29, 0.717) is 15.7 Å². The van der Waals surface area contributed by atoms with Crippen molar-refractivity contribution in [3.05, 3.63) is 63.9 Å². The summed E-state index contributed by atoms with van der Waals surface area (Å²) in [6, 6.07) is 10.5. The third kappa shape index (κ3) is 5.94. The van der Waals surface area contributed by atoms with Gasteiger partial charge in [-0.2, -0.15) is 0 Å². The standard InChI is InChI=1S/C16H14Cl2FNO2S/c17-12-2-1-11(15(18)9-12)10-23(22)8-7-16(21)20-14-5-3-13(19)4-6-14/h1-6,9H,7-8,10H2,(H,20,21)/t23-/m1/s1. The smallest absolute Gasteiger partial charge is 0.225 e. The van der Waals surface area contributed by atoms with Gasteiger partial charge in [-0.1, -0.05) is 29.3 Å². The van der Waals surface area contributed by atoms with Crippen LogP contribution in [0.25, 0.3) is 0 Å². The van der Waals surface area contributed by atoms with E-state index in [1.807, 2.05) is 0 Å². The minimum absolute atomic E-state index is 0.106. The maximum Gasteiger partial charge on any atom is 0.225 e. The quantitative estimate of drug-likeness (QED) is 0.814. The third-order valence-electron chi connectivity index (χ3n) is 3.02. The highest BCUT2D eigenvalue weighted by Crippen LogP contribution is 2.22. The van der Waals surface area contributed by atoms with Crippen LogP contribution in [0.15, 0.2) is 42.5 Å². The Balaban J connectivity index is 1.81. The Bertz CT molecular complexity index is 723. The molecule has 0 fully saturated rings. The molecule has 0 aliphatic heterocycles. The molecule has 1 N–H and O–H groups in total. The number of hydrogen-bond donors (Lipinski definition) is 1. The van der Waals surface area contributed by atoms with E-state index >= 15 is 0 Å². The Kier molecular flexibility index (Phi) is 6.57. The maximum atomic E-state index is 12.8. The molecule has 1 amide bonds. The monoisotopic (exact) mass is 373 g/mol. The zero-order chi connectivity index (χ0) is 16.8. The number of nitrogens with one attached hydrogen (secondary N) is 1. The number of rotatable bonds is 6. The molecular weight excluding hydrogens is 360 g/mol. The van der Waals surface area contributed by atoms with Crippen molar-refractivity contribution in [1.29, 1.82) is 0 Å². The SMILES string of the molecule is O=C(CC[S@@](=O)Cc1ccc(Cl)cc1Cl)Nc1ccc(F)cc1. The molecule has 7 heteroatoms. The van der Waals surface area contributed by atoms with Crippen molar-refractivity contribution in [2.45, 2.75) is 12.2 Å². The van der Waals surface area contributed by atoms with Crippen molar-refractivity contribution in [2.75, 3.05) is 11.1 Å². The summed E-state index contributed by atoms with van der Waals surface area (Å²) in [5.41, 5.74) is 1.23. The van der Waals surface area contributed by atoms with Gasteiger partial charge in [0.1, 0.15) is 5.82 Å². The molecular formula is C16H14Cl2FNO2S. The van der Waals surface area contributed by atoms with E-state index < -0.39 is 10.8 Å². The normalized spacial score (nSPS) is 12.0. The van der Waals surface area contributed by atoms with Crippen LogP contribution in [0, 0.1) is 5.82 Å². The first-order valence-corrected chi connectivity index (χ1v) is 9.03. The second-order valence-corrected chi connectivity index (χ2v) is 7.25. The Morgan fingerprint density at radius 1 is 1.13 bits per heavy atom. The molecule has 0 aliphatic rings. The topological polar surface area (TPSA) is 46.2 Å². The predicted octanol–water partition coefficient (Wildman–Crippen LogP) is 4.41. The molecule has 0 unspecified atom stereocenters. The number of amides is 1. The Labute approximate surface area is 146 Å². The fourth-order valence-electron chi connectivity index (χ4n) is 1.85. The lowest BCUT2D eigenvalue weighted by Crippen LogP contribution is -2.15. The number of benzene rings is 2. The second-order valence-electron chi connectivity index (χ2n) is 4.83. The van der Waals surface area contributed by atoms with E-state index in [1.54, 1.807) is 18.2 Å². The molecule has 0 spiro atoms. The minimum Gasteiger partial charge on any atom is -0.326 e. The van der Waals surface area contributed by atoms with Crippen LogP contribution < -0.4 is 5.32 Å².